The summed E-state index contributed by atoms with van der Waals surface area (Å²) in [6.07, 6.45) is 0.122. The Morgan fingerprint density at radius 2 is 1.74 bits per heavy atom. The van der Waals surface area contributed by atoms with E-state index in [9.17, 15) is 24.9 Å². The number of nitrogens with two attached hydrogens (primary N) is 1. The number of phenols is 3. The minimum Gasteiger partial charge on any atom is -0.507 e. The number of hydrogen-bond acceptors (Lipinski definition) is 7. The van der Waals surface area contributed by atoms with E-state index in [1.54, 1.807) is 12.1 Å². The number of benzene rings is 2. The van der Waals surface area contributed by atoms with Crippen molar-refractivity contribution >= 4 is 24.3 Å². The summed E-state index contributed by atoms with van der Waals surface area (Å²) < 4.78 is 4.99. The average Bonchev–Trinajstić information content (AvgIpc) is 2.61. The SMILES string of the molecule is Cl.N[C@@H](Cc1ccc(O)c(O)c1)C(=O)OCCNC(=O)c1ccccc1O. The summed E-state index contributed by atoms with van der Waals surface area (Å²) in [4.78, 5) is 23.7. The largest absolute Gasteiger partial charge is 0.507 e. The third kappa shape index (κ3) is 6.36. The van der Waals surface area contributed by atoms with Crippen molar-refractivity contribution in [1.29, 1.82) is 0 Å². The van der Waals surface area contributed by atoms with Crippen molar-refractivity contribution in [2.45, 2.75) is 12.5 Å². The van der Waals surface area contributed by atoms with Gasteiger partial charge in [0.25, 0.3) is 5.91 Å². The standard InChI is InChI=1S/C18H20N2O6.ClH/c19-13(9-11-5-6-15(22)16(23)10-11)18(25)26-8-7-20-17(24)12-3-1-2-4-14(12)21;/h1-6,10,13,21-23H,7-9,19H2,(H,20,24);1H/t13-;/m0./s1. The van der Waals surface area contributed by atoms with Gasteiger partial charge in [0.15, 0.2) is 11.5 Å². The Hall–Kier alpha value is -2.97. The Bertz CT molecular complexity index is 799. The fourth-order valence-electron chi connectivity index (χ4n) is 2.22. The molecule has 0 aliphatic heterocycles. The van der Waals surface area contributed by atoms with Crippen LogP contribution >= 0.6 is 12.4 Å². The van der Waals surface area contributed by atoms with Crippen molar-refractivity contribution in [2.24, 2.45) is 5.73 Å². The van der Waals surface area contributed by atoms with E-state index in [4.69, 9.17) is 10.5 Å². The van der Waals surface area contributed by atoms with Gasteiger partial charge in [-0.1, -0.05) is 18.2 Å². The maximum Gasteiger partial charge on any atom is 0.323 e. The summed E-state index contributed by atoms with van der Waals surface area (Å²) in [5.74, 6) is -1.83. The van der Waals surface area contributed by atoms with E-state index in [0.717, 1.165) is 0 Å². The Morgan fingerprint density at radius 3 is 2.41 bits per heavy atom. The van der Waals surface area contributed by atoms with E-state index in [-0.39, 0.29) is 54.8 Å². The first kappa shape index (κ1) is 22.1. The fourth-order valence-corrected chi connectivity index (χ4v) is 2.22. The molecule has 0 saturated heterocycles. The third-order valence-electron chi connectivity index (χ3n) is 3.58. The van der Waals surface area contributed by atoms with Crippen LogP contribution in [-0.4, -0.2) is 46.4 Å². The Kier molecular flexibility index (Phi) is 8.37. The topological polar surface area (TPSA) is 142 Å². The first-order valence-corrected chi connectivity index (χ1v) is 7.87. The normalized spacial score (nSPS) is 11.1. The van der Waals surface area contributed by atoms with Gasteiger partial charge in [-0.05, 0) is 36.2 Å². The molecule has 2 aromatic rings. The lowest BCUT2D eigenvalue weighted by molar-refractivity contribution is -0.145. The van der Waals surface area contributed by atoms with Gasteiger partial charge in [0, 0.05) is 0 Å². The van der Waals surface area contributed by atoms with Gasteiger partial charge in [-0.15, -0.1) is 12.4 Å². The molecule has 0 heterocycles. The summed E-state index contributed by atoms with van der Waals surface area (Å²) in [6.45, 7) is -0.0156. The van der Waals surface area contributed by atoms with Gasteiger partial charge in [0.1, 0.15) is 18.4 Å². The lowest BCUT2D eigenvalue weighted by Crippen LogP contribution is -2.36. The van der Waals surface area contributed by atoms with Crippen LogP contribution in [0, 0.1) is 0 Å². The van der Waals surface area contributed by atoms with Gasteiger partial charge in [-0.3, -0.25) is 9.59 Å². The molecule has 0 unspecified atom stereocenters. The van der Waals surface area contributed by atoms with Crippen LogP contribution < -0.4 is 11.1 Å². The molecule has 0 radical (unpaired) electrons. The summed E-state index contributed by atoms with van der Waals surface area (Å²) in [5, 5.41) is 30.8. The number of halogens is 1. The van der Waals surface area contributed by atoms with Gasteiger partial charge >= 0.3 is 5.97 Å². The van der Waals surface area contributed by atoms with Crippen LogP contribution in [0.1, 0.15) is 15.9 Å². The lowest BCUT2D eigenvalue weighted by Gasteiger charge is -2.12. The minimum atomic E-state index is -0.951. The third-order valence-corrected chi connectivity index (χ3v) is 3.58. The number of aromatic hydroxyl groups is 3. The Morgan fingerprint density at radius 1 is 1.04 bits per heavy atom. The Balaban J connectivity index is 0.00000364. The van der Waals surface area contributed by atoms with Crippen LogP contribution in [0.3, 0.4) is 0 Å². The minimum absolute atomic E-state index is 0. The van der Waals surface area contributed by atoms with Crippen molar-refractivity contribution in [3.63, 3.8) is 0 Å². The average molecular weight is 397 g/mol. The highest BCUT2D eigenvalue weighted by atomic mass is 35.5. The molecule has 0 aliphatic carbocycles. The van der Waals surface area contributed by atoms with Crippen LogP contribution in [0.25, 0.3) is 0 Å². The van der Waals surface area contributed by atoms with Crippen LogP contribution in [-0.2, 0) is 16.0 Å². The van der Waals surface area contributed by atoms with Gasteiger partial charge in [0.2, 0.25) is 0 Å². The van der Waals surface area contributed by atoms with E-state index in [0.29, 0.717) is 5.56 Å². The molecular weight excluding hydrogens is 376 g/mol. The number of esters is 1. The molecule has 0 saturated carbocycles. The van der Waals surface area contributed by atoms with Gasteiger partial charge < -0.3 is 31.1 Å². The summed E-state index contributed by atoms with van der Waals surface area (Å²) in [7, 11) is 0. The maximum atomic E-state index is 11.9. The number of carbonyl (C=O) groups excluding carboxylic acids is 2. The van der Waals surface area contributed by atoms with Crippen LogP contribution in [0.15, 0.2) is 42.5 Å². The molecule has 146 valence electrons. The predicted octanol–water partition coefficient (Wildman–Crippen LogP) is 1.07. The van der Waals surface area contributed by atoms with Gasteiger partial charge in [-0.2, -0.15) is 0 Å². The molecule has 0 aromatic heterocycles. The van der Waals surface area contributed by atoms with Crippen molar-refractivity contribution in [2.75, 3.05) is 13.2 Å². The highest BCUT2D eigenvalue weighted by Crippen LogP contribution is 2.25. The zero-order valence-corrected chi connectivity index (χ0v) is 15.1. The molecule has 0 bridgehead atoms. The molecule has 1 atom stereocenters. The molecule has 2 rings (SSSR count). The zero-order valence-electron chi connectivity index (χ0n) is 14.3. The number of nitrogens with one attached hydrogen (secondary N) is 1. The monoisotopic (exact) mass is 396 g/mol. The lowest BCUT2D eigenvalue weighted by atomic mass is 10.1. The van der Waals surface area contributed by atoms with Crippen molar-refractivity contribution in [3.8, 4) is 17.2 Å². The number of amides is 1. The number of rotatable bonds is 7. The summed E-state index contributed by atoms with van der Waals surface area (Å²) >= 11 is 0. The van der Waals surface area contributed by atoms with Crippen LogP contribution in [0.4, 0.5) is 0 Å². The molecule has 0 spiro atoms. The van der Waals surface area contributed by atoms with E-state index in [1.165, 1.54) is 30.3 Å². The van der Waals surface area contributed by atoms with E-state index in [1.807, 2.05) is 0 Å². The molecule has 27 heavy (non-hydrogen) atoms. The van der Waals surface area contributed by atoms with E-state index in [2.05, 4.69) is 5.32 Å². The molecule has 9 heteroatoms. The van der Waals surface area contributed by atoms with Crippen molar-refractivity contribution in [1.82, 2.24) is 5.32 Å². The predicted molar refractivity (Wildman–Crippen MR) is 100 cm³/mol. The molecular formula is C18H21ClN2O6. The quantitative estimate of drug-likeness (QED) is 0.267. The second-order valence-electron chi connectivity index (χ2n) is 5.57. The first-order valence-electron chi connectivity index (χ1n) is 7.87. The number of phenolic OH excluding ortho intramolecular Hbond substituents is 3. The molecule has 8 nitrogen and oxygen atoms in total. The second kappa shape index (κ2) is 10.2. The first-order chi connectivity index (χ1) is 12.4. The number of ether oxygens (including phenoxy) is 1. The molecule has 2 aromatic carbocycles. The van der Waals surface area contributed by atoms with Crippen molar-refractivity contribution in [3.05, 3.63) is 53.6 Å². The maximum absolute atomic E-state index is 11.9. The van der Waals surface area contributed by atoms with Gasteiger partial charge in [-0.25, -0.2) is 0 Å². The molecule has 0 fully saturated rings. The van der Waals surface area contributed by atoms with E-state index < -0.39 is 17.9 Å². The Labute approximate surface area is 162 Å². The smallest absolute Gasteiger partial charge is 0.323 e. The number of carbonyl (C=O) groups is 2. The fraction of sp³-hybridized carbons (Fsp3) is 0.222. The molecule has 1 amide bonds. The van der Waals surface area contributed by atoms with Crippen molar-refractivity contribution < 1.29 is 29.6 Å². The molecule has 0 aliphatic rings. The molecule has 6 N–H and O–H groups in total. The highest BCUT2D eigenvalue weighted by molar-refractivity contribution is 5.96. The van der Waals surface area contributed by atoms with Crippen LogP contribution in [0.2, 0.25) is 0 Å². The number of para-hydroxylation sites is 1. The highest BCUT2D eigenvalue weighted by Gasteiger charge is 2.17. The zero-order chi connectivity index (χ0) is 19.1. The summed E-state index contributed by atoms with van der Waals surface area (Å²) in [6, 6.07) is 9.29. The second-order valence-corrected chi connectivity index (χ2v) is 5.57. The summed E-state index contributed by atoms with van der Waals surface area (Å²) in [5.41, 5.74) is 6.45. The number of hydrogen-bond donors (Lipinski definition) is 5. The van der Waals surface area contributed by atoms with Gasteiger partial charge in [0.05, 0.1) is 12.1 Å². The van der Waals surface area contributed by atoms with E-state index >= 15 is 0 Å². The van der Waals surface area contributed by atoms with Crippen LogP contribution in [0.5, 0.6) is 17.2 Å².